The third kappa shape index (κ3) is 4.59. The summed E-state index contributed by atoms with van der Waals surface area (Å²) in [5.74, 6) is 2.15. The zero-order chi connectivity index (χ0) is 20.2. The third-order valence-corrected chi connectivity index (χ3v) is 5.55. The van der Waals surface area contributed by atoms with Crippen LogP contribution in [0, 0.1) is 0 Å². The number of anilines is 1. The first-order chi connectivity index (χ1) is 14.1. The van der Waals surface area contributed by atoms with Gasteiger partial charge in [-0.2, -0.15) is 4.98 Å². The molecule has 0 atom stereocenters. The number of nitrogens with zero attached hydrogens (tertiary/aromatic N) is 3. The number of carbonyl (C=O) groups excluding carboxylic acids is 1. The van der Waals surface area contributed by atoms with Crippen LogP contribution >= 0.6 is 15.9 Å². The van der Waals surface area contributed by atoms with Crippen molar-refractivity contribution in [1.82, 2.24) is 15.0 Å². The Bertz CT molecular complexity index is 964. The lowest BCUT2D eigenvalue weighted by molar-refractivity contribution is 0.187. The number of urea groups is 1. The number of amides is 2. The number of benzene rings is 2. The van der Waals surface area contributed by atoms with Crippen molar-refractivity contribution in [2.45, 2.75) is 18.8 Å². The molecule has 0 aliphatic carbocycles. The average Bonchev–Trinajstić information content (AvgIpc) is 3.25. The number of halogens is 1. The smallest absolute Gasteiger partial charge is 0.321 e. The molecule has 2 aromatic carbocycles. The lowest BCUT2D eigenvalue weighted by Crippen LogP contribution is -2.40. The highest BCUT2D eigenvalue weighted by Gasteiger charge is 2.27. The second kappa shape index (κ2) is 8.65. The van der Waals surface area contributed by atoms with Gasteiger partial charge in [-0.25, -0.2) is 4.79 Å². The maximum atomic E-state index is 12.5. The van der Waals surface area contributed by atoms with Crippen LogP contribution in [-0.4, -0.2) is 41.3 Å². The zero-order valence-electron chi connectivity index (χ0n) is 16.0. The highest BCUT2D eigenvalue weighted by Crippen LogP contribution is 2.29. The van der Waals surface area contributed by atoms with E-state index in [4.69, 9.17) is 9.26 Å². The topological polar surface area (TPSA) is 80.5 Å². The number of ether oxygens (including phenoxy) is 1. The molecule has 0 radical (unpaired) electrons. The molecular weight excluding hydrogens is 436 g/mol. The molecule has 2 heterocycles. The highest BCUT2D eigenvalue weighted by atomic mass is 79.9. The summed E-state index contributed by atoms with van der Waals surface area (Å²) >= 11 is 3.42. The van der Waals surface area contributed by atoms with Crippen LogP contribution in [0.3, 0.4) is 0 Å². The van der Waals surface area contributed by atoms with Gasteiger partial charge in [0.15, 0.2) is 0 Å². The molecule has 1 N–H and O–H groups in total. The second-order valence-corrected chi connectivity index (χ2v) is 7.80. The van der Waals surface area contributed by atoms with Gasteiger partial charge in [0, 0.05) is 34.7 Å². The SMILES string of the molecule is COc1ccc(NC(=O)N2CCC(c3nc(-c4ccc(Br)cc4)no3)CC2)cc1. The number of aromatic nitrogens is 2. The van der Waals surface area contributed by atoms with Gasteiger partial charge in [-0.05, 0) is 61.4 Å². The van der Waals surface area contributed by atoms with Crippen molar-refractivity contribution in [2.75, 3.05) is 25.5 Å². The summed E-state index contributed by atoms with van der Waals surface area (Å²) in [6.07, 6.45) is 1.58. The molecule has 1 fully saturated rings. The van der Waals surface area contributed by atoms with Crippen LogP contribution in [0.5, 0.6) is 5.75 Å². The maximum Gasteiger partial charge on any atom is 0.321 e. The largest absolute Gasteiger partial charge is 0.497 e. The minimum absolute atomic E-state index is 0.102. The fraction of sp³-hybridized carbons (Fsp3) is 0.286. The number of rotatable bonds is 4. The van der Waals surface area contributed by atoms with Crippen molar-refractivity contribution >= 4 is 27.6 Å². The molecule has 8 heteroatoms. The normalized spacial score (nSPS) is 14.6. The first kappa shape index (κ1) is 19.4. The molecule has 0 saturated carbocycles. The van der Waals surface area contributed by atoms with Crippen LogP contribution in [-0.2, 0) is 0 Å². The lowest BCUT2D eigenvalue weighted by atomic mass is 9.97. The van der Waals surface area contributed by atoms with Crippen molar-refractivity contribution in [2.24, 2.45) is 0 Å². The van der Waals surface area contributed by atoms with E-state index in [-0.39, 0.29) is 11.9 Å². The standard InChI is InChI=1S/C21H21BrN4O3/c1-28-18-8-6-17(7-9-18)23-21(27)26-12-10-15(11-13-26)20-24-19(25-29-20)14-2-4-16(22)5-3-14/h2-9,15H,10-13H2,1H3,(H,23,27). The van der Waals surface area contributed by atoms with Gasteiger partial charge in [0.2, 0.25) is 11.7 Å². The first-order valence-electron chi connectivity index (χ1n) is 9.42. The van der Waals surface area contributed by atoms with Crippen molar-refractivity contribution in [1.29, 1.82) is 0 Å². The minimum Gasteiger partial charge on any atom is -0.497 e. The quantitative estimate of drug-likeness (QED) is 0.602. The molecule has 1 aliphatic rings. The number of methoxy groups -OCH3 is 1. The Morgan fingerprint density at radius 1 is 1.14 bits per heavy atom. The van der Waals surface area contributed by atoms with Gasteiger partial charge in [-0.15, -0.1) is 0 Å². The zero-order valence-corrected chi connectivity index (χ0v) is 17.6. The predicted molar refractivity (Wildman–Crippen MR) is 113 cm³/mol. The molecule has 7 nitrogen and oxygen atoms in total. The molecular formula is C21H21BrN4O3. The van der Waals surface area contributed by atoms with E-state index in [1.165, 1.54) is 0 Å². The summed E-state index contributed by atoms with van der Waals surface area (Å²) in [5, 5.41) is 7.03. The summed E-state index contributed by atoms with van der Waals surface area (Å²) in [5.41, 5.74) is 1.66. The lowest BCUT2D eigenvalue weighted by Gasteiger charge is -2.30. The Balaban J connectivity index is 1.33. The van der Waals surface area contributed by atoms with Crippen LogP contribution < -0.4 is 10.1 Å². The Labute approximate surface area is 177 Å². The second-order valence-electron chi connectivity index (χ2n) is 6.88. The summed E-state index contributed by atoms with van der Waals surface area (Å²) < 4.78 is 11.6. The predicted octanol–water partition coefficient (Wildman–Crippen LogP) is 4.92. The molecule has 4 rings (SSSR count). The Morgan fingerprint density at radius 3 is 2.48 bits per heavy atom. The summed E-state index contributed by atoms with van der Waals surface area (Å²) in [4.78, 5) is 18.9. The van der Waals surface area contributed by atoms with Crippen molar-refractivity contribution in [3.63, 3.8) is 0 Å². The minimum atomic E-state index is -0.102. The molecule has 1 aromatic heterocycles. The van der Waals surface area contributed by atoms with E-state index in [0.717, 1.165) is 34.3 Å². The van der Waals surface area contributed by atoms with Gasteiger partial charge >= 0.3 is 6.03 Å². The highest BCUT2D eigenvalue weighted by molar-refractivity contribution is 9.10. The van der Waals surface area contributed by atoms with E-state index in [0.29, 0.717) is 24.8 Å². The summed E-state index contributed by atoms with van der Waals surface area (Å²) in [6, 6.07) is 15.0. The molecule has 1 saturated heterocycles. The van der Waals surface area contributed by atoms with E-state index in [2.05, 4.69) is 31.4 Å². The fourth-order valence-corrected chi connectivity index (χ4v) is 3.59. The monoisotopic (exact) mass is 456 g/mol. The van der Waals surface area contributed by atoms with E-state index in [9.17, 15) is 4.79 Å². The molecule has 0 spiro atoms. The first-order valence-corrected chi connectivity index (χ1v) is 10.2. The number of piperidine rings is 1. The number of nitrogens with one attached hydrogen (secondary N) is 1. The number of likely N-dealkylation sites (tertiary alicyclic amines) is 1. The fourth-order valence-electron chi connectivity index (χ4n) is 3.32. The van der Waals surface area contributed by atoms with Crippen LogP contribution in [0.2, 0.25) is 0 Å². The van der Waals surface area contributed by atoms with E-state index < -0.39 is 0 Å². The van der Waals surface area contributed by atoms with Gasteiger partial charge < -0.3 is 19.5 Å². The molecule has 150 valence electrons. The maximum absolute atomic E-state index is 12.5. The van der Waals surface area contributed by atoms with Crippen LogP contribution in [0.25, 0.3) is 11.4 Å². The van der Waals surface area contributed by atoms with Crippen molar-refractivity contribution in [3.05, 3.63) is 58.9 Å². The number of hydrogen-bond acceptors (Lipinski definition) is 5. The van der Waals surface area contributed by atoms with Crippen LogP contribution in [0.15, 0.2) is 57.5 Å². The van der Waals surface area contributed by atoms with Gasteiger partial charge in [0.1, 0.15) is 5.75 Å². The van der Waals surface area contributed by atoms with Crippen LogP contribution in [0.4, 0.5) is 10.5 Å². The number of hydrogen-bond donors (Lipinski definition) is 1. The van der Waals surface area contributed by atoms with Gasteiger partial charge in [0.25, 0.3) is 0 Å². The Kier molecular flexibility index (Phi) is 5.80. The van der Waals surface area contributed by atoms with Gasteiger partial charge in [0.05, 0.1) is 7.11 Å². The third-order valence-electron chi connectivity index (χ3n) is 5.02. The summed E-state index contributed by atoms with van der Waals surface area (Å²) in [6.45, 7) is 1.28. The number of carbonyl (C=O) groups is 1. The Hall–Kier alpha value is -2.87. The van der Waals surface area contributed by atoms with E-state index >= 15 is 0 Å². The molecule has 3 aromatic rings. The molecule has 0 bridgehead atoms. The van der Waals surface area contributed by atoms with Crippen molar-refractivity contribution in [3.8, 4) is 17.1 Å². The summed E-state index contributed by atoms with van der Waals surface area (Å²) in [7, 11) is 1.61. The van der Waals surface area contributed by atoms with E-state index in [1.807, 2.05) is 53.4 Å². The molecule has 0 unspecified atom stereocenters. The molecule has 1 aliphatic heterocycles. The van der Waals surface area contributed by atoms with Gasteiger partial charge in [-0.3, -0.25) is 0 Å². The van der Waals surface area contributed by atoms with Gasteiger partial charge in [-0.1, -0.05) is 21.1 Å². The van der Waals surface area contributed by atoms with Crippen LogP contribution in [0.1, 0.15) is 24.7 Å². The Morgan fingerprint density at radius 2 is 1.83 bits per heavy atom. The average molecular weight is 457 g/mol. The van der Waals surface area contributed by atoms with E-state index in [1.54, 1.807) is 7.11 Å². The molecule has 29 heavy (non-hydrogen) atoms. The van der Waals surface area contributed by atoms with Crippen molar-refractivity contribution < 1.29 is 14.1 Å². The molecule has 2 amide bonds.